The molecule has 1 aliphatic heterocycles. The van der Waals surface area contributed by atoms with Crippen LogP contribution in [0.2, 0.25) is 10.0 Å². The first-order valence-corrected chi connectivity index (χ1v) is 11.2. The monoisotopic (exact) mass is 487 g/mol. The smallest absolute Gasteiger partial charge is 0.273 e. The highest BCUT2D eigenvalue weighted by molar-refractivity contribution is 6.38. The number of piperidine rings is 1. The van der Waals surface area contributed by atoms with E-state index >= 15 is 0 Å². The second kappa shape index (κ2) is 9.82. The van der Waals surface area contributed by atoms with Gasteiger partial charge in [-0.25, -0.2) is 4.98 Å². The summed E-state index contributed by atoms with van der Waals surface area (Å²) in [5.41, 5.74) is 6.86. The van der Waals surface area contributed by atoms with Crippen molar-refractivity contribution in [3.63, 3.8) is 0 Å². The van der Waals surface area contributed by atoms with Crippen LogP contribution in [0.15, 0.2) is 46.9 Å². The van der Waals surface area contributed by atoms with Gasteiger partial charge in [-0.05, 0) is 69.4 Å². The lowest BCUT2D eigenvalue weighted by molar-refractivity contribution is 0.0916. The van der Waals surface area contributed by atoms with Crippen molar-refractivity contribution in [3.05, 3.63) is 63.8 Å². The van der Waals surface area contributed by atoms with Crippen LogP contribution in [0.4, 0.5) is 11.6 Å². The van der Waals surface area contributed by atoms with Crippen LogP contribution in [-0.4, -0.2) is 47.9 Å². The molecule has 172 valence electrons. The first-order valence-electron chi connectivity index (χ1n) is 10.4. The van der Waals surface area contributed by atoms with E-state index in [1.165, 1.54) is 0 Å². The third-order valence-corrected chi connectivity index (χ3v) is 6.13. The van der Waals surface area contributed by atoms with Gasteiger partial charge in [0, 0.05) is 17.3 Å². The Morgan fingerprint density at radius 1 is 1.09 bits per heavy atom. The van der Waals surface area contributed by atoms with Gasteiger partial charge in [-0.3, -0.25) is 9.59 Å². The molecule has 10 heteroatoms. The van der Waals surface area contributed by atoms with Gasteiger partial charge in [0.2, 0.25) is 11.8 Å². The molecule has 2 amide bonds. The number of nitrogens with zero attached hydrogens (tertiary/aromatic N) is 2. The Balaban J connectivity index is 1.50. The van der Waals surface area contributed by atoms with Crippen molar-refractivity contribution in [2.75, 3.05) is 25.5 Å². The van der Waals surface area contributed by atoms with Gasteiger partial charge in [0.15, 0.2) is 5.69 Å². The number of hydrogen-bond acceptors (Lipinski definition) is 6. The van der Waals surface area contributed by atoms with Crippen LogP contribution in [0.3, 0.4) is 0 Å². The van der Waals surface area contributed by atoms with Crippen molar-refractivity contribution >= 4 is 46.6 Å². The third kappa shape index (κ3) is 5.30. The number of oxazole rings is 1. The van der Waals surface area contributed by atoms with Gasteiger partial charge >= 0.3 is 0 Å². The zero-order chi connectivity index (χ0) is 23.5. The lowest BCUT2D eigenvalue weighted by Gasteiger charge is -2.29. The summed E-state index contributed by atoms with van der Waals surface area (Å²) in [5.74, 6) is -0.776. The maximum absolute atomic E-state index is 12.6. The summed E-state index contributed by atoms with van der Waals surface area (Å²) in [6.07, 6.45) is 1.86. The number of rotatable bonds is 6. The molecule has 4 N–H and O–H groups in total. The normalized spacial score (nSPS) is 14.8. The van der Waals surface area contributed by atoms with Gasteiger partial charge in [-0.2, -0.15) is 0 Å². The first-order chi connectivity index (χ1) is 15.8. The molecule has 4 rings (SSSR count). The van der Waals surface area contributed by atoms with Crippen LogP contribution in [0.1, 0.15) is 33.7 Å². The fourth-order valence-electron chi connectivity index (χ4n) is 3.64. The van der Waals surface area contributed by atoms with Gasteiger partial charge in [0.25, 0.3) is 11.8 Å². The molecule has 1 aliphatic rings. The molecule has 0 spiro atoms. The molecule has 0 atom stereocenters. The predicted molar refractivity (Wildman–Crippen MR) is 128 cm³/mol. The molecule has 0 saturated carbocycles. The summed E-state index contributed by atoms with van der Waals surface area (Å²) in [4.78, 5) is 30.9. The van der Waals surface area contributed by atoms with Crippen LogP contribution in [0, 0.1) is 0 Å². The van der Waals surface area contributed by atoms with Crippen LogP contribution < -0.4 is 16.4 Å². The molecule has 0 radical (unpaired) electrons. The molecule has 0 unspecified atom stereocenters. The molecule has 2 aromatic carbocycles. The highest BCUT2D eigenvalue weighted by atomic mass is 35.5. The molecule has 3 aromatic rings. The van der Waals surface area contributed by atoms with Gasteiger partial charge < -0.3 is 25.7 Å². The minimum atomic E-state index is -0.773. The Hall–Kier alpha value is -3.07. The summed E-state index contributed by atoms with van der Waals surface area (Å²) >= 11 is 12.5. The number of primary amides is 1. The van der Waals surface area contributed by atoms with E-state index in [9.17, 15) is 9.59 Å². The Morgan fingerprint density at radius 2 is 1.73 bits per heavy atom. The predicted octanol–water partition coefficient (Wildman–Crippen LogP) is 4.31. The Morgan fingerprint density at radius 3 is 2.33 bits per heavy atom. The average Bonchev–Trinajstić information content (AvgIpc) is 3.19. The largest absolute Gasteiger partial charge is 0.419 e. The van der Waals surface area contributed by atoms with Gasteiger partial charge in [-0.1, -0.05) is 29.3 Å². The molecular weight excluding hydrogens is 465 g/mol. The molecule has 1 fully saturated rings. The number of benzene rings is 2. The minimum absolute atomic E-state index is 0.0528. The minimum Gasteiger partial charge on any atom is -0.419 e. The van der Waals surface area contributed by atoms with Crippen molar-refractivity contribution in [1.29, 1.82) is 0 Å². The summed E-state index contributed by atoms with van der Waals surface area (Å²) in [5, 5.41) is 6.71. The maximum Gasteiger partial charge on any atom is 0.273 e. The van der Waals surface area contributed by atoms with E-state index in [-0.39, 0.29) is 29.4 Å². The molecule has 33 heavy (non-hydrogen) atoms. The number of nitrogens with one attached hydrogen (secondary N) is 2. The molecule has 0 aliphatic carbocycles. The number of halogens is 2. The SMILES string of the molecule is CN1CCC(NC(=O)c2ccc(Nc3oc(-c4c(Cl)cccc4Cl)nc3C(N)=O)cc2)CC1. The second-order valence-electron chi connectivity index (χ2n) is 7.91. The first kappa shape index (κ1) is 23.1. The van der Waals surface area contributed by atoms with E-state index in [4.69, 9.17) is 33.4 Å². The van der Waals surface area contributed by atoms with E-state index in [1.807, 2.05) is 0 Å². The van der Waals surface area contributed by atoms with Crippen molar-refractivity contribution in [2.24, 2.45) is 5.73 Å². The van der Waals surface area contributed by atoms with Crippen molar-refractivity contribution in [2.45, 2.75) is 18.9 Å². The number of hydrogen-bond donors (Lipinski definition) is 3. The van der Waals surface area contributed by atoms with Gasteiger partial charge in [0.1, 0.15) is 0 Å². The fraction of sp³-hybridized carbons (Fsp3) is 0.261. The highest BCUT2D eigenvalue weighted by Gasteiger charge is 2.23. The Kier molecular flexibility index (Phi) is 6.88. The van der Waals surface area contributed by atoms with E-state index in [0.29, 0.717) is 26.9 Å². The van der Waals surface area contributed by atoms with Gasteiger partial charge in [-0.15, -0.1) is 0 Å². The van der Waals surface area contributed by atoms with Crippen LogP contribution >= 0.6 is 23.2 Å². The number of aromatic nitrogens is 1. The standard InChI is InChI=1S/C23H23Cl2N5O3/c1-30-11-9-15(10-12-30)27-21(32)13-5-7-14(8-6-13)28-23-19(20(26)31)29-22(33-23)18-16(24)3-2-4-17(18)25/h2-8,15,28H,9-12H2,1H3,(H2,26,31)(H,27,32). The van der Waals surface area contributed by atoms with Crippen molar-refractivity contribution in [1.82, 2.24) is 15.2 Å². The van der Waals surface area contributed by atoms with E-state index in [2.05, 4.69) is 27.6 Å². The third-order valence-electron chi connectivity index (χ3n) is 5.50. The summed E-state index contributed by atoms with van der Waals surface area (Å²) in [6, 6.07) is 11.9. The molecule has 2 heterocycles. The van der Waals surface area contributed by atoms with Crippen LogP contribution in [0.5, 0.6) is 0 Å². The topological polar surface area (TPSA) is 113 Å². The number of likely N-dealkylation sites (tertiary alicyclic amines) is 1. The number of nitrogens with two attached hydrogens (primary N) is 1. The Bertz CT molecular complexity index is 1150. The number of amides is 2. The van der Waals surface area contributed by atoms with Crippen LogP contribution in [-0.2, 0) is 0 Å². The van der Waals surface area contributed by atoms with E-state index < -0.39 is 5.91 Å². The summed E-state index contributed by atoms with van der Waals surface area (Å²) < 4.78 is 5.74. The molecular formula is C23H23Cl2N5O3. The van der Waals surface area contributed by atoms with E-state index in [0.717, 1.165) is 25.9 Å². The highest BCUT2D eigenvalue weighted by Crippen LogP contribution is 2.36. The molecule has 0 bridgehead atoms. The average molecular weight is 488 g/mol. The number of anilines is 2. The van der Waals surface area contributed by atoms with Crippen molar-refractivity contribution < 1.29 is 14.0 Å². The second-order valence-corrected chi connectivity index (χ2v) is 8.73. The summed E-state index contributed by atoms with van der Waals surface area (Å²) in [7, 11) is 2.08. The zero-order valence-corrected chi connectivity index (χ0v) is 19.4. The number of carbonyl (C=O) groups is 2. The van der Waals surface area contributed by atoms with Crippen LogP contribution in [0.25, 0.3) is 11.5 Å². The van der Waals surface area contributed by atoms with Gasteiger partial charge in [0.05, 0.1) is 15.6 Å². The summed E-state index contributed by atoms with van der Waals surface area (Å²) in [6.45, 7) is 1.93. The maximum atomic E-state index is 12.6. The zero-order valence-electron chi connectivity index (χ0n) is 17.9. The molecule has 1 saturated heterocycles. The molecule has 1 aromatic heterocycles. The molecule has 8 nitrogen and oxygen atoms in total. The fourth-order valence-corrected chi connectivity index (χ4v) is 4.20. The lowest BCUT2D eigenvalue weighted by atomic mass is 10.0. The lowest BCUT2D eigenvalue weighted by Crippen LogP contribution is -2.43. The van der Waals surface area contributed by atoms with Crippen molar-refractivity contribution in [3.8, 4) is 11.5 Å². The van der Waals surface area contributed by atoms with E-state index in [1.54, 1.807) is 42.5 Å². The number of carbonyl (C=O) groups excluding carboxylic acids is 2. The Labute approximate surface area is 201 Å². The quantitative estimate of drug-likeness (QED) is 0.477.